The number of carbonyl (C=O) groups is 1. The van der Waals surface area contributed by atoms with Gasteiger partial charge >= 0.3 is 0 Å². The summed E-state index contributed by atoms with van der Waals surface area (Å²) in [5.41, 5.74) is 3.08. The molecule has 1 aromatic heterocycles. The molecule has 0 aliphatic carbocycles. The van der Waals surface area contributed by atoms with Crippen LogP contribution in [0.5, 0.6) is 5.75 Å². The maximum atomic E-state index is 11.5. The molecule has 0 saturated carbocycles. The summed E-state index contributed by atoms with van der Waals surface area (Å²) in [7, 11) is 0. The van der Waals surface area contributed by atoms with Gasteiger partial charge in [0.1, 0.15) is 24.9 Å². The topological polar surface area (TPSA) is 92.4 Å². The number of aromatic hydroxyl groups is 1. The zero-order chi connectivity index (χ0) is 14.5. The average molecular weight is 403 g/mol. The third-order valence-electron chi connectivity index (χ3n) is 2.21. The lowest BCUT2D eigenvalue weighted by atomic mass is 10.2. The van der Waals surface area contributed by atoms with Crippen molar-refractivity contribution >= 4 is 44.0 Å². The van der Waals surface area contributed by atoms with E-state index >= 15 is 0 Å². The van der Waals surface area contributed by atoms with Crippen molar-refractivity contribution in [2.75, 3.05) is 0 Å². The summed E-state index contributed by atoms with van der Waals surface area (Å²) in [6.45, 7) is 0.0420. The molecule has 2 aromatic rings. The number of phenols is 1. The standard InChI is InChI=1S/C11H9Br2N5O2/c12-8-1-7(2-9(13)11(8)20)3-15-17-10(19)4-18-6-14-5-16-18/h1-3,5-6,20H,4H2,(H,17,19)/b15-3+. The minimum Gasteiger partial charge on any atom is -0.506 e. The van der Waals surface area contributed by atoms with Crippen LogP contribution >= 0.6 is 31.9 Å². The molecule has 0 spiro atoms. The van der Waals surface area contributed by atoms with E-state index in [4.69, 9.17) is 0 Å². The fraction of sp³-hybridized carbons (Fsp3) is 0.0909. The minimum absolute atomic E-state index is 0.0420. The van der Waals surface area contributed by atoms with Crippen molar-refractivity contribution in [2.24, 2.45) is 5.10 Å². The number of halogens is 2. The van der Waals surface area contributed by atoms with Gasteiger partial charge < -0.3 is 5.11 Å². The molecule has 9 heteroatoms. The number of aromatic nitrogens is 3. The Morgan fingerprint density at radius 2 is 2.15 bits per heavy atom. The van der Waals surface area contributed by atoms with Crippen LogP contribution in [-0.2, 0) is 11.3 Å². The molecule has 1 aromatic carbocycles. The van der Waals surface area contributed by atoms with Gasteiger partial charge in [-0.15, -0.1) is 0 Å². The van der Waals surface area contributed by atoms with E-state index in [1.54, 1.807) is 12.1 Å². The van der Waals surface area contributed by atoms with E-state index in [-0.39, 0.29) is 18.2 Å². The molecule has 1 amide bonds. The Kier molecular flexibility index (Phi) is 4.85. The molecule has 2 rings (SSSR count). The maximum absolute atomic E-state index is 11.5. The Bertz CT molecular complexity index is 619. The molecule has 0 unspecified atom stereocenters. The van der Waals surface area contributed by atoms with Crippen LogP contribution in [0.25, 0.3) is 0 Å². The summed E-state index contributed by atoms with van der Waals surface area (Å²) in [6.07, 6.45) is 4.26. The molecule has 0 aliphatic heterocycles. The first kappa shape index (κ1) is 14.7. The molecule has 2 N–H and O–H groups in total. The summed E-state index contributed by atoms with van der Waals surface area (Å²) in [6, 6.07) is 3.35. The Hall–Kier alpha value is -1.74. The van der Waals surface area contributed by atoms with Gasteiger partial charge in [0.2, 0.25) is 0 Å². The fourth-order valence-corrected chi connectivity index (χ4v) is 2.56. The maximum Gasteiger partial charge on any atom is 0.261 e. The number of rotatable bonds is 4. The molecule has 7 nitrogen and oxygen atoms in total. The number of nitrogens with one attached hydrogen (secondary N) is 1. The third kappa shape index (κ3) is 3.87. The highest BCUT2D eigenvalue weighted by Gasteiger charge is 2.05. The summed E-state index contributed by atoms with van der Waals surface area (Å²) in [4.78, 5) is 15.2. The number of benzene rings is 1. The first-order valence-corrected chi connectivity index (χ1v) is 6.97. The largest absolute Gasteiger partial charge is 0.506 e. The molecule has 0 bridgehead atoms. The Labute approximate surface area is 131 Å². The molecule has 20 heavy (non-hydrogen) atoms. The number of amides is 1. The van der Waals surface area contributed by atoms with E-state index in [1.807, 2.05) is 0 Å². The van der Waals surface area contributed by atoms with Gasteiger partial charge in [0.15, 0.2) is 0 Å². The van der Waals surface area contributed by atoms with Gasteiger partial charge in [-0.1, -0.05) is 0 Å². The fourth-order valence-electron chi connectivity index (χ4n) is 1.34. The highest BCUT2D eigenvalue weighted by molar-refractivity contribution is 9.11. The van der Waals surface area contributed by atoms with Crippen LogP contribution in [0, 0.1) is 0 Å². The van der Waals surface area contributed by atoms with Crippen molar-refractivity contribution in [2.45, 2.75) is 6.54 Å². The van der Waals surface area contributed by atoms with Gasteiger partial charge in [0, 0.05) is 0 Å². The van der Waals surface area contributed by atoms with Crippen molar-refractivity contribution in [3.05, 3.63) is 39.3 Å². The van der Waals surface area contributed by atoms with Crippen LogP contribution in [0.4, 0.5) is 0 Å². The molecular formula is C11H9Br2N5O2. The second-order valence-electron chi connectivity index (χ2n) is 3.72. The summed E-state index contributed by atoms with van der Waals surface area (Å²) in [5.74, 6) is -0.207. The van der Waals surface area contributed by atoms with Crippen molar-refractivity contribution in [3.8, 4) is 5.75 Å². The molecule has 104 valence electrons. The molecule has 0 atom stereocenters. The number of carbonyl (C=O) groups excluding carboxylic acids is 1. The number of hydrogen-bond donors (Lipinski definition) is 2. The van der Waals surface area contributed by atoms with Gasteiger partial charge in [0.25, 0.3) is 5.91 Å². The van der Waals surface area contributed by atoms with Gasteiger partial charge in [-0.05, 0) is 49.6 Å². The normalized spacial score (nSPS) is 10.9. The number of hydrazone groups is 1. The van der Waals surface area contributed by atoms with Crippen LogP contribution < -0.4 is 5.43 Å². The Morgan fingerprint density at radius 3 is 2.75 bits per heavy atom. The molecule has 1 heterocycles. The van der Waals surface area contributed by atoms with Gasteiger partial charge in [-0.2, -0.15) is 10.2 Å². The number of nitrogens with zero attached hydrogens (tertiary/aromatic N) is 4. The van der Waals surface area contributed by atoms with E-state index in [9.17, 15) is 9.90 Å². The lowest BCUT2D eigenvalue weighted by Gasteiger charge is -2.02. The molecule has 0 radical (unpaired) electrons. The zero-order valence-electron chi connectivity index (χ0n) is 9.99. The second kappa shape index (κ2) is 6.62. The van der Waals surface area contributed by atoms with Crippen molar-refractivity contribution in [1.29, 1.82) is 0 Å². The minimum atomic E-state index is -0.316. The van der Waals surface area contributed by atoms with Gasteiger partial charge in [0.05, 0.1) is 15.2 Å². The number of hydrogen-bond acceptors (Lipinski definition) is 5. The van der Waals surface area contributed by atoms with Gasteiger partial charge in [-0.3, -0.25) is 4.79 Å². The van der Waals surface area contributed by atoms with Crippen LogP contribution in [0.1, 0.15) is 5.56 Å². The lowest BCUT2D eigenvalue weighted by Crippen LogP contribution is -2.23. The molecular weight excluding hydrogens is 394 g/mol. The third-order valence-corrected chi connectivity index (χ3v) is 3.42. The van der Waals surface area contributed by atoms with Crippen LogP contribution in [0.15, 0.2) is 38.8 Å². The first-order valence-electron chi connectivity index (χ1n) is 5.38. The van der Waals surface area contributed by atoms with E-state index < -0.39 is 0 Å². The molecule has 0 fully saturated rings. The van der Waals surface area contributed by atoms with Gasteiger partial charge in [-0.25, -0.2) is 15.1 Å². The Balaban J connectivity index is 1.95. The summed E-state index contributed by atoms with van der Waals surface area (Å²) < 4.78 is 2.45. The van der Waals surface area contributed by atoms with Crippen LogP contribution in [0.2, 0.25) is 0 Å². The highest BCUT2D eigenvalue weighted by Crippen LogP contribution is 2.32. The van der Waals surface area contributed by atoms with Crippen molar-refractivity contribution in [1.82, 2.24) is 20.2 Å². The summed E-state index contributed by atoms with van der Waals surface area (Å²) in [5, 5.41) is 17.2. The Morgan fingerprint density at radius 1 is 1.45 bits per heavy atom. The predicted octanol–water partition coefficient (Wildman–Crippen LogP) is 1.66. The predicted molar refractivity (Wildman–Crippen MR) is 79.3 cm³/mol. The van der Waals surface area contributed by atoms with Crippen molar-refractivity contribution < 1.29 is 9.90 Å². The molecule has 0 saturated heterocycles. The lowest BCUT2D eigenvalue weighted by molar-refractivity contribution is -0.121. The first-order chi connectivity index (χ1) is 9.56. The van der Waals surface area contributed by atoms with E-state index in [1.165, 1.54) is 23.6 Å². The van der Waals surface area contributed by atoms with Crippen molar-refractivity contribution in [3.63, 3.8) is 0 Å². The molecule has 0 aliphatic rings. The van der Waals surface area contributed by atoms with Crippen LogP contribution in [0.3, 0.4) is 0 Å². The monoisotopic (exact) mass is 401 g/mol. The average Bonchev–Trinajstić information content (AvgIpc) is 2.88. The quantitative estimate of drug-likeness (QED) is 0.600. The van der Waals surface area contributed by atoms with Crippen LogP contribution in [-0.4, -0.2) is 32.0 Å². The zero-order valence-corrected chi connectivity index (χ0v) is 13.2. The SMILES string of the molecule is O=C(Cn1cncn1)N/N=C/c1cc(Br)c(O)c(Br)c1. The number of phenolic OH excluding ortho intramolecular Hbond substituents is 1. The second-order valence-corrected chi connectivity index (χ2v) is 5.43. The van der Waals surface area contributed by atoms with E-state index in [0.717, 1.165) is 0 Å². The summed E-state index contributed by atoms with van der Waals surface area (Å²) >= 11 is 6.42. The van der Waals surface area contributed by atoms with E-state index in [2.05, 4.69) is 52.5 Å². The smallest absolute Gasteiger partial charge is 0.261 e. The highest BCUT2D eigenvalue weighted by atomic mass is 79.9. The van der Waals surface area contributed by atoms with E-state index in [0.29, 0.717) is 14.5 Å².